The number of hydrogen-bond donors (Lipinski definition) is 1. The second kappa shape index (κ2) is 7.43. The van der Waals surface area contributed by atoms with Crippen LogP contribution >= 0.6 is 0 Å². The minimum Gasteiger partial charge on any atom is -0.497 e. The third-order valence-corrected chi connectivity index (χ3v) is 3.10. The second-order valence-electron chi connectivity index (χ2n) is 4.50. The van der Waals surface area contributed by atoms with Crippen LogP contribution in [0, 0.1) is 0 Å². The van der Waals surface area contributed by atoms with E-state index in [1.165, 1.54) is 0 Å². The van der Waals surface area contributed by atoms with Crippen molar-refractivity contribution < 1.29 is 14.2 Å². The zero-order chi connectivity index (χ0) is 15.1. The summed E-state index contributed by atoms with van der Waals surface area (Å²) in [6, 6.07) is 13.7. The highest BCUT2D eigenvalue weighted by atomic mass is 16.5. The molecule has 0 aliphatic heterocycles. The predicted octanol–water partition coefficient (Wildman–Crippen LogP) is 3.71. The molecule has 0 atom stereocenters. The molecule has 2 rings (SSSR count). The summed E-state index contributed by atoms with van der Waals surface area (Å²) in [5.74, 6) is 2.47. The van der Waals surface area contributed by atoms with Gasteiger partial charge in [0, 0.05) is 12.6 Å². The quantitative estimate of drug-likeness (QED) is 0.842. The van der Waals surface area contributed by atoms with E-state index in [0.717, 1.165) is 28.5 Å². The first-order chi connectivity index (χ1) is 10.3. The minimum absolute atomic E-state index is 0.667. The van der Waals surface area contributed by atoms with Gasteiger partial charge in [-0.25, -0.2) is 0 Å². The molecule has 0 spiro atoms. The van der Waals surface area contributed by atoms with Crippen molar-refractivity contribution in [3.8, 4) is 17.2 Å². The van der Waals surface area contributed by atoms with E-state index in [2.05, 4.69) is 11.4 Å². The first-order valence-electron chi connectivity index (χ1n) is 6.94. The fraction of sp³-hybridized carbons (Fsp3) is 0.294. The predicted molar refractivity (Wildman–Crippen MR) is 84.5 cm³/mol. The summed E-state index contributed by atoms with van der Waals surface area (Å²) >= 11 is 0. The smallest absolute Gasteiger partial charge is 0.142 e. The van der Waals surface area contributed by atoms with E-state index < -0.39 is 0 Å². The number of nitrogens with one attached hydrogen (secondary N) is 1. The van der Waals surface area contributed by atoms with Crippen LogP contribution in [0.1, 0.15) is 12.5 Å². The van der Waals surface area contributed by atoms with Crippen molar-refractivity contribution in [1.29, 1.82) is 0 Å². The van der Waals surface area contributed by atoms with E-state index in [0.29, 0.717) is 13.2 Å². The van der Waals surface area contributed by atoms with Crippen LogP contribution in [0.5, 0.6) is 17.2 Å². The van der Waals surface area contributed by atoms with Gasteiger partial charge in [-0.05, 0) is 36.8 Å². The highest BCUT2D eigenvalue weighted by Gasteiger charge is 2.05. The van der Waals surface area contributed by atoms with Gasteiger partial charge in [0.15, 0.2) is 0 Å². The van der Waals surface area contributed by atoms with Gasteiger partial charge < -0.3 is 19.5 Å². The summed E-state index contributed by atoms with van der Waals surface area (Å²) in [6.45, 7) is 3.33. The molecule has 4 nitrogen and oxygen atoms in total. The van der Waals surface area contributed by atoms with Gasteiger partial charge in [-0.2, -0.15) is 0 Å². The standard InChI is InChI=1S/C17H21NO3/c1-4-21-15-7-5-6-13(10-15)12-18-16-11-14(19-2)8-9-17(16)20-3/h5-11,18H,4,12H2,1-3H3. The van der Waals surface area contributed by atoms with Crippen molar-refractivity contribution in [2.75, 3.05) is 26.1 Å². The molecule has 1 N–H and O–H groups in total. The topological polar surface area (TPSA) is 39.7 Å². The Hall–Kier alpha value is -2.36. The number of hydrogen-bond acceptors (Lipinski definition) is 4. The van der Waals surface area contributed by atoms with Crippen LogP contribution in [0.2, 0.25) is 0 Å². The van der Waals surface area contributed by atoms with Gasteiger partial charge in [0.05, 0.1) is 26.5 Å². The van der Waals surface area contributed by atoms with Gasteiger partial charge in [-0.15, -0.1) is 0 Å². The molecule has 2 aromatic carbocycles. The summed E-state index contributed by atoms with van der Waals surface area (Å²) in [7, 11) is 3.31. The molecular weight excluding hydrogens is 266 g/mol. The first kappa shape index (κ1) is 15.0. The monoisotopic (exact) mass is 287 g/mol. The van der Waals surface area contributed by atoms with Gasteiger partial charge in [0.2, 0.25) is 0 Å². The van der Waals surface area contributed by atoms with Crippen LogP contribution in [0.15, 0.2) is 42.5 Å². The zero-order valence-corrected chi connectivity index (χ0v) is 12.7. The van der Waals surface area contributed by atoms with Crippen molar-refractivity contribution in [2.24, 2.45) is 0 Å². The maximum Gasteiger partial charge on any atom is 0.142 e. The van der Waals surface area contributed by atoms with E-state index >= 15 is 0 Å². The average Bonchev–Trinajstić information content (AvgIpc) is 2.53. The van der Waals surface area contributed by atoms with Crippen molar-refractivity contribution in [2.45, 2.75) is 13.5 Å². The molecule has 0 aliphatic rings. The van der Waals surface area contributed by atoms with E-state index in [4.69, 9.17) is 14.2 Å². The fourth-order valence-electron chi connectivity index (χ4n) is 2.06. The molecular formula is C17H21NO3. The SMILES string of the molecule is CCOc1cccc(CNc2cc(OC)ccc2OC)c1. The summed E-state index contributed by atoms with van der Waals surface area (Å²) in [5, 5.41) is 3.36. The highest BCUT2D eigenvalue weighted by molar-refractivity contribution is 5.60. The zero-order valence-electron chi connectivity index (χ0n) is 12.7. The van der Waals surface area contributed by atoms with Crippen LogP contribution in [-0.4, -0.2) is 20.8 Å². The molecule has 0 fully saturated rings. The molecule has 0 bridgehead atoms. The molecule has 0 amide bonds. The Bertz CT molecular complexity index is 584. The van der Waals surface area contributed by atoms with Crippen LogP contribution in [0.4, 0.5) is 5.69 Å². The number of rotatable bonds is 7. The van der Waals surface area contributed by atoms with E-state index in [9.17, 15) is 0 Å². The lowest BCUT2D eigenvalue weighted by Crippen LogP contribution is -2.02. The number of methoxy groups -OCH3 is 2. The highest BCUT2D eigenvalue weighted by Crippen LogP contribution is 2.29. The molecule has 0 heterocycles. The third-order valence-electron chi connectivity index (χ3n) is 3.10. The third kappa shape index (κ3) is 4.05. The number of anilines is 1. The Balaban J connectivity index is 2.10. The Kier molecular flexibility index (Phi) is 5.32. The van der Waals surface area contributed by atoms with Gasteiger partial charge in [-0.3, -0.25) is 0 Å². The van der Waals surface area contributed by atoms with Crippen molar-refractivity contribution in [3.63, 3.8) is 0 Å². The molecule has 0 aromatic heterocycles. The van der Waals surface area contributed by atoms with Crippen LogP contribution in [-0.2, 0) is 6.54 Å². The van der Waals surface area contributed by atoms with Crippen molar-refractivity contribution in [1.82, 2.24) is 0 Å². The molecule has 2 aromatic rings. The van der Waals surface area contributed by atoms with Gasteiger partial charge in [0.25, 0.3) is 0 Å². The van der Waals surface area contributed by atoms with E-state index in [1.54, 1.807) is 14.2 Å². The molecule has 0 saturated carbocycles. The summed E-state index contributed by atoms with van der Waals surface area (Å²) in [5.41, 5.74) is 2.05. The van der Waals surface area contributed by atoms with Crippen LogP contribution < -0.4 is 19.5 Å². The van der Waals surface area contributed by atoms with E-state index in [1.807, 2.05) is 43.3 Å². The maximum atomic E-state index is 5.51. The summed E-state index contributed by atoms with van der Waals surface area (Å²) in [4.78, 5) is 0. The number of ether oxygens (including phenoxy) is 3. The molecule has 0 unspecified atom stereocenters. The lowest BCUT2D eigenvalue weighted by atomic mass is 10.2. The average molecular weight is 287 g/mol. The summed E-state index contributed by atoms with van der Waals surface area (Å²) in [6.07, 6.45) is 0. The summed E-state index contributed by atoms with van der Waals surface area (Å²) < 4.78 is 16.1. The van der Waals surface area contributed by atoms with Gasteiger partial charge in [0.1, 0.15) is 17.2 Å². The molecule has 112 valence electrons. The van der Waals surface area contributed by atoms with E-state index in [-0.39, 0.29) is 0 Å². The van der Waals surface area contributed by atoms with Crippen LogP contribution in [0.3, 0.4) is 0 Å². The lowest BCUT2D eigenvalue weighted by molar-refractivity contribution is 0.340. The van der Waals surface area contributed by atoms with Gasteiger partial charge in [-0.1, -0.05) is 12.1 Å². The first-order valence-corrected chi connectivity index (χ1v) is 6.94. The lowest BCUT2D eigenvalue weighted by Gasteiger charge is -2.13. The Morgan fingerprint density at radius 3 is 2.52 bits per heavy atom. The van der Waals surface area contributed by atoms with Crippen molar-refractivity contribution in [3.05, 3.63) is 48.0 Å². The fourth-order valence-corrected chi connectivity index (χ4v) is 2.06. The maximum absolute atomic E-state index is 5.51. The van der Waals surface area contributed by atoms with Crippen molar-refractivity contribution >= 4 is 5.69 Å². The molecule has 0 saturated heterocycles. The molecule has 0 aliphatic carbocycles. The van der Waals surface area contributed by atoms with Crippen LogP contribution in [0.25, 0.3) is 0 Å². The Morgan fingerprint density at radius 2 is 1.81 bits per heavy atom. The van der Waals surface area contributed by atoms with Gasteiger partial charge >= 0.3 is 0 Å². The number of benzene rings is 2. The Morgan fingerprint density at radius 1 is 0.952 bits per heavy atom. The Labute approximate surface area is 125 Å². The normalized spacial score (nSPS) is 10.0. The second-order valence-corrected chi connectivity index (χ2v) is 4.50. The minimum atomic E-state index is 0.667. The molecule has 0 radical (unpaired) electrons. The molecule has 4 heteroatoms. The largest absolute Gasteiger partial charge is 0.497 e. The molecule has 21 heavy (non-hydrogen) atoms.